The van der Waals surface area contributed by atoms with Crippen molar-refractivity contribution in [3.63, 3.8) is 0 Å². The number of fused-ring (bicyclic) bond motifs is 2. The molecule has 2 heterocycles. The van der Waals surface area contributed by atoms with E-state index in [1.807, 2.05) is 24.3 Å². The first-order valence-electron chi connectivity index (χ1n) is 12.5. The molecular formula is C27H35N3O6. The molecule has 0 bridgehead atoms. The molecule has 2 aliphatic rings. The average molecular weight is 498 g/mol. The summed E-state index contributed by atoms with van der Waals surface area (Å²) in [5, 5.41) is 6.45. The number of benzene rings is 2. The van der Waals surface area contributed by atoms with Crippen molar-refractivity contribution in [1.29, 1.82) is 0 Å². The Kier molecular flexibility index (Phi) is 9.02. The molecule has 9 nitrogen and oxygen atoms in total. The van der Waals surface area contributed by atoms with Crippen LogP contribution in [0.15, 0.2) is 30.3 Å². The number of amides is 2. The second-order valence-electron chi connectivity index (χ2n) is 8.98. The Labute approximate surface area is 212 Å². The highest BCUT2D eigenvalue weighted by Crippen LogP contribution is 2.41. The Balaban J connectivity index is 1.52. The van der Waals surface area contributed by atoms with E-state index in [-0.39, 0.29) is 25.2 Å². The largest absolute Gasteiger partial charge is 0.493 e. The molecule has 2 N–H and O–H groups in total. The molecule has 2 amide bonds. The van der Waals surface area contributed by atoms with Gasteiger partial charge in [0, 0.05) is 38.0 Å². The number of hydrogen-bond acceptors (Lipinski definition) is 7. The molecular weight excluding hydrogens is 462 g/mol. The smallest absolute Gasteiger partial charge is 0.252 e. The van der Waals surface area contributed by atoms with Gasteiger partial charge in [-0.3, -0.25) is 9.59 Å². The minimum absolute atomic E-state index is 0.0219. The predicted molar refractivity (Wildman–Crippen MR) is 136 cm³/mol. The van der Waals surface area contributed by atoms with E-state index in [0.717, 1.165) is 49.0 Å². The molecule has 2 aromatic carbocycles. The molecule has 9 heteroatoms. The molecule has 0 fully saturated rings. The fourth-order valence-corrected chi connectivity index (χ4v) is 4.56. The van der Waals surface area contributed by atoms with Gasteiger partial charge in [0.05, 0.1) is 7.11 Å². The molecule has 2 aliphatic heterocycles. The molecule has 194 valence electrons. The van der Waals surface area contributed by atoms with Gasteiger partial charge in [0.25, 0.3) is 11.8 Å². The first kappa shape index (κ1) is 25.8. The normalized spacial score (nSPS) is 15.9. The zero-order valence-corrected chi connectivity index (χ0v) is 21.1. The maximum atomic E-state index is 13.1. The van der Waals surface area contributed by atoms with E-state index in [1.165, 1.54) is 13.5 Å². The van der Waals surface area contributed by atoms with Crippen molar-refractivity contribution in [3.05, 3.63) is 47.0 Å². The Morgan fingerprint density at radius 3 is 2.72 bits per heavy atom. The van der Waals surface area contributed by atoms with Crippen LogP contribution in [-0.4, -0.2) is 52.5 Å². The molecule has 4 rings (SSSR count). The fraction of sp³-hybridized carbons (Fsp3) is 0.481. The van der Waals surface area contributed by atoms with Crippen molar-refractivity contribution in [2.75, 3.05) is 45.6 Å². The van der Waals surface area contributed by atoms with Crippen LogP contribution in [-0.2, 0) is 22.6 Å². The number of nitrogens with zero attached hydrogens (tertiary/aromatic N) is 1. The average Bonchev–Trinajstić information content (AvgIpc) is 3.36. The van der Waals surface area contributed by atoms with E-state index < -0.39 is 0 Å². The maximum Gasteiger partial charge on any atom is 0.252 e. The first-order valence-corrected chi connectivity index (χ1v) is 12.5. The molecule has 2 aromatic rings. The summed E-state index contributed by atoms with van der Waals surface area (Å²) in [4.78, 5) is 27.7. The van der Waals surface area contributed by atoms with Gasteiger partial charge in [-0.1, -0.05) is 19.3 Å². The van der Waals surface area contributed by atoms with Crippen molar-refractivity contribution in [2.24, 2.45) is 0 Å². The summed E-state index contributed by atoms with van der Waals surface area (Å²) < 4.78 is 21.4. The zero-order chi connectivity index (χ0) is 25.3. The molecule has 0 radical (unpaired) electrons. The molecule has 0 saturated heterocycles. The Bertz CT molecular complexity index is 1070. The summed E-state index contributed by atoms with van der Waals surface area (Å²) in [6.45, 7) is 2.58. The lowest BCUT2D eigenvalue weighted by Gasteiger charge is -2.26. The van der Waals surface area contributed by atoms with Crippen molar-refractivity contribution in [1.82, 2.24) is 10.6 Å². The maximum absolute atomic E-state index is 13.1. The second kappa shape index (κ2) is 12.6. The highest BCUT2D eigenvalue weighted by atomic mass is 16.7. The Morgan fingerprint density at radius 1 is 1.06 bits per heavy atom. The van der Waals surface area contributed by atoms with E-state index in [4.69, 9.17) is 18.9 Å². The van der Waals surface area contributed by atoms with Crippen molar-refractivity contribution in [2.45, 2.75) is 45.2 Å². The highest BCUT2D eigenvalue weighted by molar-refractivity contribution is 5.98. The second-order valence-corrected chi connectivity index (χ2v) is 8.98. The van der Waals surface area contributed by atoms with Crippen molar-refractivity contribution < 1.29 is 28.5 Å². The van der Waals surface area contributed by atoms with Gasteiger partial charge in [0.2, 0.25) is 12.5 Å². The van der Waals surface area contributed by atoms with Gasteiger partial charge in [-0.15, -0.1) is 0 Å². The van der Waals surface area contributed by atoms with Gasteiger partial charge in [-0.25, -0.2) is 0 Å². The molecule has 0 aromatic heterocycles. The third-order valence-corrected chi connectivity index (χ3v) is 6.42. The topological polar surface area (TPSA) is 98.4 Å². The number of carbonyl (C=O) groups excluding carboxylic acids is 2. The predicted octanol–water partition coefficient (Wildman–Crippen LogP) is 3.39. The quantitative estimate of drug-likeness (QED) is 0.631. The fourth-order valence-electron chi connectivity index (χ4n) is 4.56. The molecule has 0 atom stereocenters. The SMILES string of the molecule is COCC(=O)N1CCCCCCCNCc2cc(C(=O)NCc3cc(OC)c4c(c3)OCO4)ccc21. The van der Waals surface area contributed by atoms with Crippen molar-refractivity contribution in [3.8, 4) is 17.2 Å². The number of ether oxygens (including phenoxy) is 4. The lowest BCUT2D eigenvalue weighted by atomic mass is 10.0. The van der Waals surface area contributed by atoms with E-state index >= 15 is 0 Å². The van der Waals surface area contributed by atoms with Gasteiger partial charge < -0.3 is 34.5 Å². The van der Waals surface area contributed by atoms with Crippen LogP contribution < -0.4 is 29.7 Å². The summed E-state index contributed by atoms with van der Waals surface area (Å²) in [5.41, 5.74) is 3.11. The first-order chi connectivity index (χ1) is 17.6. The van der Waals surface area contributed by atoms with Crippen LogP contribution in [0.1, 0.15) is 53.6 Å². The Hall–Kier alpha value is -3.30. The standard InChI is InChI=1S/C27H35N3O6/c1-33-17-25(31)30-11-7-5-3-4-6-10-28-16-21-14-20(8-9-22(21)30)27(32)29-15-19-12-23(34-2)26-24(13-19)35-18-36-26/h8-9,12-14,28H,3-7,10-11,15-18H2,1-2H3,(H,29,32). The summed E-state index contributed by atoms with van der Waals surface area (Å²) in [6, 6.07) is 9.18. The highest BCUT2D eigenvalue weighted by Gasteiger charge is 2.22. The third kappa shape index (κ3) is 6.27. The van der Waals surface area contributed by atoms with Gasteiger partial charge >= 0.3 is 0 Å². The number of rotatable bonds is 6. The molecule has 0 unspecified atom stereocenters. The minimum Gasteiger partial charge on any atom is -0.493 e. The lowest BCUT2D eigenvalue weighted by molar-refractivity contribution is -0.122. The zero-order valence-electron chi connectivity index (χ0n) is 21.1. The van der Waals surface area contributed by atoms with Gasteiger partial charge in [0.1, 0.15) is 6.61 Å². The van der Waals surface area contributed by atoms with E-state index in [2.05, 4.69) is 10.6 Å². The summed E-state index contributed by atoms with van der Waals surface area (Å²) in [7, 11) is 3.10. The van der Waals surface area contributed by atoms with Crippen LogP contribution in [0.2, 0.25) is 0 Å². The van der Waals surface area contributed by atoms with Gasteiger partial charge in [-0.2, -0.15) is 0 Å². The number of hydrogen-bond donors (Lipinski definition) is 2. The molecule has 0 spiro atoms. The lowest BCUT2D eigenvalue weighted by Crippen LogP contribution is -2.36. The van der Waals surface area contributed by atoms with Crippen LogP contribution in [0.3, 0.4) is 0 Å². The molecule has 0 saturated carbocycles. The summed E-state index contributed by atoms with van der Waals surface area (Å²) in [5.74, 6) is 1.47. The van der Waals surface area contributed by atoms with Gasteiger partial charge in [0.15, 0.2) is 11.5 Å². The summed E-state index contributed by atoms with van der Waals surface area (Å²) >= 11 is 0. The van der Waals surface area contributed by atoms with E-state index in [1.54, 1.807) is 18.1 Å². The third-order valence-electron chi connectivity index (χ3n) is 6.42. The Morgan fingerprint density at radius 2 is 1.89 bits per heavy atom. The number of anilines is 1. The van der Waals surface area contributed by atoms with E-state index in [9.17, 15) is 9.59 Å². The van der Waals surface area contributed by atoms with Crippen LogP contribution in [0.25, 0.3) is 0 Å². The monoisotopic (exact) mass is 497 g/mol. The van der Waals surface area contributed by atoms with E-state index in [0.29, 0.717) is 42.4 Å². The minimum atomic E-state index is -0.199. The molecule has 36 heavy (non-hydrogen) atoms. The summed E-state index contributed by atoms with van der Waals surface area (Å²) in [6.07, 6.45) is 5.45. The van der Waals surface area contributed by atoms with Crippen LogP contribution >= 0.6 is 0 Å². The molecule has 0 aliphatic carbocycles. The van der Waals surface area contributed by atoms with Crippen LogP contribution in [0, 0.1) is 0 Å². The number of nitrogens with one attached hydrogen (secondary N) is 2. The van der Waals surface area contributed by atoms with Crippen LogP contribution in [0.5, 0.6) is 17.2 Å². The number of carbonyl (C=O) groups is 2. The van der Waals surface area contributed by atoms with Crippen LogP contribution in [0.4, 0.5) is 5.69 Å². The van der Waals surface area contributed by atoms with Gasteiger partial charge in [-0.05, 0) is 60.8 Å². The number of methoxy groups -OCH3 is 2. The van der Waals surface area contributed by atoms with Crippen molar-refractivity contribution >= 4 is 17.5 Å².